The molecule has 0 aliphatic heterocycles. The molecule has 0 fully saturated rings. The Morgan fingerprint density at radius 3 is 2.24 bits per heavy atom. The van der Waals surface area contributed by atoms with Gasteiger partial charge in [0.05, 0.1) is 0 Å². The van der Waals surface area contributed by atoms with E-state index < -0.39 is 6.29 Å². The largest absolute Gasteiger partial charge is 0.342 e. The second kappa shape index (κ2) is 7.61. The van der Waals surface area contributed by atoms with Crippen LogP contribution < -0.4 is 0 Å². The van der Waals surface area contributed by atoms with Crippen molar-refractivity contribution in [3.8, 4) is 11.8 Å². The molecule has 1 rings (SSSR count). The SMILES string of the molecule is CCOC(C#Cc1ccc(C=O)cc1)OCC. The zero-order valence-electron chi connectivity index (χ0n) is 10.1. The molecular formula is C14H16O3. The molecular weight excluding hydrogens is 216 g/mol. The summed E-state index contributed by atoms with van der Waals surface area (Å²) in [5.74, 6) is 5.84. The van der Waals surface area contributed by atoms with E-state index in [2.05, 4.69) is 11.8 Å². The maximum Gasteiger partial charge on any atom is 0.222 e. The Labute approximate surface area is 102 Å². The van der Waals surface area contributed by atoms with E-state index >= 15 is 0 Å². The highest BCUT2D eigenvalue weighted by molar-refractivity contribution is 5.74. The molecule has 0 heterocycles. The van der Waals surface area contributed by atoms with Gasteiger partial charge in [-0.2, -0.15) is 0 Å². The van der Waals surface area contributed by atoms with E-state index in [-0.39, 0.29) is 0 Å². The maximum absolute atomic E-state index is 10.5. The lowest BCUT2D eigenvalue weighted by Crippen LogP contribution is -2.14. The molecule has 3 nitrogen and oxygen atoms in total. The number of benzene rings is 1. The molecule has 0 bridgehead atoms. The highest BCUT2D eigenvalue weighted by Gasteiger charge is 2.01. The molecule has 0 amide bonds. The van der Waals surface area contributed by atoms with Gasteiger partial charge in [-0.05, 0) is 31.9 Å². The molecule has 0 saturated carbocycles. The van der Waals surface area contributed by atoms with Crippen LogP contribution in [0.3, 0.4) is 0 Å². The summed E-state index contributed by atoms with van der Waals surface area (Å²) >= 11 is 0. The molecule has 17 heavy (non-hydrogen) atoms. The van der Waals surface area contributed by atoms with Crippen molar-refractivity contribution in [2.45, 2.75) is 20.1 Å². The van der Waals surface area contributed by atoms with Crippen LogP contribution >= 0.6 is 0 Å². The summed E-state index contributed by atoms with van der Waals surface area (Å²) in [6, 6.07) is 7.05. The quantitative estimate of drug-likeness (QED) is 0.444. The average molecular weight is 232 g/mol. The molecule has 0 unspecified atom stereocenters. The Kier molecular flexibility index (Phi) is 6.02. The number of ether oxygens (including phenoxy) is 2. The van der Waals surface area contributed by atoms with Crippen LogP contribution in [-0.4, -0.2) is 25.8 Å². The lowest BCUT2D eigenvalue weighted by atomic mass is 10.1. The molecule has 3 heteroatoms. The van der Waals surface area contributed by atoms with Gasteiger partial charge in [0, 0.05) is 24.3 Å². The zero-order valence-corrected chi connectivity index (χ0v) is 10.1. The van der Waals surface area contributed by atoms with Crippen molar-refractivity contribution < 1.29 is 14.3 Å². The van der Waals surface area contributed by atoms with Crippen LogP contribution in [0.15, 0.2) is 24.3 Å². The summed E-state index contributed by atoms with van der Waals surface area (Å²) in [4.78, 5) is 10.5. The molecule has 0 saturated heterocycles. The van der Waals surface area contributed by atoms with Gasteiger partial charge in [0.15, 0.2) is 0 Å². The van der Waals surface area contributed by atoms with E-state index in [0.717, 1.165) is 11.8 Å². The van der Waals surface area contributed by atoms with Gasteiger partial charge in [-0.1, -0.05) is 18.1 Å². The second-order valence-corrected chi connectivity index (χ2v) is 3.25. The van der Waals surface area contributed by atoms with Crippen molar-refractivity contribution in [3.63, 3.8) is 0 Å². The van der Waals surface area contributed by atoms with Crippen LogP contribution in [0.4, 0.5) is 0 Å². The third kappa shape index (κ3) is 4.81. The number of hydrogen-bond acceptors (Lipinski definition) is 3. The summed E-state index contributed by atoms with van der Waals surface area (Å²) in [6.07, 6.45) is 0.316. The number of hydrogen-bond donors (Lipinski definition) is 0. The third-order valence-corrected chi connectivity index (χ3v) is 2.02. The summed E-state index contributed by atoms with van der Waals surface area (Å²) in [7, 11) is 0. The van der Waals surface area contributed by atoms with Gasteiger partial charge in [0.1, 0.15) is 6.29 Å². The maximum atomic E-state index is 10.5. The molecule has 0 aromatic heterocycles. The predicted molar refractivity (Wildman–Crippen MR) is 65.7 cm³/mol. The van der Waals surface area contributed by atoms with Crippen molar-refractivity contribution in [1.82, 2.24) is 0 Å². The van der Waals surface area contributed by atoms with Crippen LogP contribution in [0, 0.1) is 11.8 Å². The van der Waals surface area contributed by atoms with E-state index in [4.69, 9.17) is 9.47 Å². The van der Waals surface area contributed by atoms with Crippen molar-refractivity contribution in [2.24, 2.45) is 0 Å². The molecule has 0 radical (unpaired) electrons. The van der Waals surface area contributed by atoms with Crippen molar-refractivity contribution >= 4 is 6.29 Å². The fraction of sp³-hybridized carbons (Fsp3) is 0.357. The first-order chi connectivity index (χ1) is 8.30. The molecule has 1 aromatic carbocycles. The van der Waals surface area contributed by atoms with E-state index in [1.54, 1.807) is 24.3 Å². The summed E-state index contributed by atoms with van der Waals surface area (Å²) in [5, 5.41) is 0. The number of aldehydes is 1. The van der Waals surface area contributed by atoms with Crippen LogP contribution in [0.5, 0.6) is 0 Å². The Balaban J connectivity index is 2.69. The van der Waals surface area contributed by atoms with Gasteiger partial charge in [0.25, 0.3) is 0 Å². The average Bonchev–Trinajstić information content (AvgIpc) is 2.37. The number of carbonyl (C=O) groups is 1. The molecule has 0 aliphatic carbocycles. The summed E-state index contributed by atoms with van der Waals surface area (Å²) in [5.41, 5.74) is 1.47. The van der Waals surface area contributed by atoms with E-state index in [1.165, 1.54) is 0 Å². The highest BCUT2D eigenvalue weighted by atomic mass is 16.7. The lowest BCUT2D eigenvalue weighted by Gasteiger charge is -2.09. The standard InChI is InChI=1S/C14H16O3/c1-3-16-14(17-4-2)10-9-12-5-7-13(11-15)8-6-12/h5-8,11,14H,3-4H2,1-2H3. The predicted octanol–water partition coefficient (Wildman–Crippen LogP) is 2.25. The monoisotopic (exact) mass is 232 g/mol. The summed E-state index contributed by atoms with van der Waals surface area (Å²) in [6.45, 7) is 4.91. The first-order valence-corrected chi connectivity index (χ1v) is 5.60. The van der Waals surface area contributed by atoms with E-state index in [9.17, 15) is 4.79 Å². The second-order valence-electron chi connectivity index (χ2n) is 3.25. The normalized spacial score (nSPS) is 9.82. The minimum absolute atomic E-state index is 0.490. The smallest absolute Gasteiger partial charge is 0.222 e. The van der Waals surface area contributed by atoms with Crippen LogP contribution in [0.2, 0.25) is 0 Å². The van der Waals surface area contributed by atoms with Crippen molar-refractivity contribution in [2.75, 3.05) is 13.2 Å². The Morgan fingerprint density at radius 2 is 1.76 bits per heavy atom. The zero-order chi connectivity index (χ0) is 12.5. The minimum atomic E-state index is -0.490. The van der Waals surface area contributed by atoms with Crippen LogP contribution in [0.1, 0.15) is 29.8 Å². The Hall–Kier alpha value is -1.63. The minimum Gasteiger partial charge on any atom is -0.342 e. The van der Waals surface area contributed by atoms with Gasteiger partial charge in [0.2, 0.25) is 6.29 Å². The van der Waals surface area contributed by atoms with Crippen molar-refractivity contribution in [1.29, 1.82) is 0 Å². The number of carbonyl (C=O) groups excluding carboxylic acids is 1. The van der Waals surface area contributed by atoms with Gasteiger partial charge in [-0.3, -0.25) is 4.79 Å². The van der Waals surface area contributed by atoms with Gasteiger partial charge < -0.3 is 9.47 Å². The van der Waals surface area contributed by atoms with E-state index in [1.807, 2.05) is 13.8 Å². The number of rotatable bonds is 5. The lowest BCUT2D eigenvalue weighted by molar-refractivity contribution is -0.0969. The molecule has 0 atom stereocenters. The van der Waals surface area contributed by atoms with Gasteiger partial charge in [-0.25, -0.2) is 0 Å². The third-order valence-electron chi connectivity index (χ3n) is 2.02. The highest BCUT2D eigenvalue weighted by Crippen LogP contribution is 2.01. The molecule has 0 spiro atoms. The molecule has 90 valence electrons. The van der Waals surface area contributed by atoms with Crippen LogP contribution in [0.25, 0.3) is 0 Å². The fourth-order valence-corrected chi connectivity index (χ4v) is 1.22. The summed E-state index contributed by atoms with van der Waals surface area (Å²) < 4.78 is 10.6. The Bertz CT molecular complexity index is 392. The first kappa shape index (κ1) is 13.4. The fourth-order valence-electron chi connectivity index (χ4n) is 1.22. The van der Waals surface area contributed by atoms with Gasteiger partial charge in [-0.15, -0.1) is 0 Å². The van der Waals surface area contributed by atoms with E-state index in [0.29, 0.717) is 18.8 Å². The van der Waals surface area contributed by atoms with Crippen molar-refractivity contribution in [3.05, 3.63) is 35.4 Å². The van der Waals surface area contributed by atoms with Gasteiger partial charge >= 0.3 is 0 Å². The first-order valence-electron chi connectivity index (χ1n) is 5.60. The topological polar surface area (TPSA) is 35.5 Å². The molecule has 1 aromatic rings. The molecule has 0 N–H and O–H groups in total. The Morgan fingerprint density at radius 1 is 1.18 bits per heavy atom. The van der Waals surface area contributed by atoms with Crippen LogP contribution in [-0.2, 0) is 9.47 Å². The molecule has 0 aliphatic rings.